The van der Waals surface area contributed by atoms with E-state index in [1.54, 1.807) is 36.7 Å². The van der Waals surface area contributed by atoms with Crippen molar-refractivity contribution in [2.75, 3.05) is 12.4 Å². The Morgan fingerprint density at radius 1 is 1.33 bits per heavy atom. The average molecular weight is 308 g/mol. The highest BCUT2D eigenvalue weighted by molar-refractivity contribution is 9.10. The smallest absolute Gasteiger partial charge is 0.261 e. The van der Waals surface area contributed by atoms with Gasteiger partial charge in [-0.3, -0.25) is 10.1 Å². The molecule has 0 saturated carbocycles. The fraction of sp³-hybridized carbons (Fsp3) is 0.0833. The number of carbonyl (C=O) groups excluding carboxylic acids is 1. The topological polar surface area (TPSA) is 64.1 Å². The molecule has 0 aliphatic carbocycles. The van der Waals surface area contributed by atoms with E-state index < -0.39 is 0 Å². The summed E-state index contributed by atoms with van der Waals surface area (Å²) >= 11 is 3.31. The highest BCUT2D eigenvalue weighted by Crippen LogP contribution is 2.23. The van der Waals surface area contributed by atoms with Gasteiger partial charge in [0.25, 0.3) is 5.91 Å². The van der Waals surface area contributed by atoms with Crippen molar-refractivity contribution in [1.29, 1.82) is 0 Å². The van der Waals surface area contributed by atoms with E-state index in [0.29, 0.717) is 11.3 Å². The molecule has 0 bridgehead atoms. The van der Waals surface area contributed by atoms with Crippen molar-refractivity contribution in [3.63, 3.8) is 0 Å². The number of aromatic nitrogens is 2. The summed E-state index contributed by atoms with van der Waals surface area (Å²) in [5, 5.41) is 2.60. The molecule has 1 amide bonds. The Balaban J connectivity index is 2.26. The molecule has 0 spiro atoms. The van der Waals surface area contributed by atoms with Crippen LogP contribution in [0.25, 0.3) is 0 Å². The molecule has 92 valence electrons. The second-order valence-electron chi connectivity index (χ2n) is 3.37. The van der Waals surface area contributed by atoms with Crippen LogP contribution in [-0.4, -0.2) is 23.0 Å². The minimum Gasteiger partial charge on any atom is -0.496 e. The Bertz CT molecular complexity index is 561. The molecule has 0 fully saturated rings. The molecule has 0 aliphatic rings. The zero-order chi connectivity index (χ0) is 13.0. The number of rotatable bonds is 3. The Kier molecular flexibility index (Phi) is 3.88. The summed E-state index contributed by atoms with van der Waals surface area (Å²) in [5.41, 5.74) is 0.416. The van der Waals surface area contributed by atoms with Gasteiger partial charge in [-0.1, -0.05) is 15.9 Å². The molecular formula is C12H10BrN3O2. The number of methoxy groups -OCH3 is 1. The number of hydrogen-bond donors (Lipinski definition) is 1. The van der Waals surface area contributed by atoms with Crippen molar-refractivity contribution in [3.05, 3.63) is 46.7 Å². The fourth-order valence-electron chi connectivity index (χ4n) is 1.39. The number of halogens is 1. The number of hydrogen-bond acceptors (Lipinski definition) is 4. The van der Waals surface area contributed by atoms with Gasteiger partial charge < -0.3 is 4.74 Å². The lowest BCUT2D eigenvalue weighted by molar-refractivity contribution is 0.102. The Morgan fingerprint density at radius 3 is 2.72 bits per heavy atom. The maximum atomic E-state index is 12.1. The van der Waals surface area contributed by atoms with Crippen molar-refractivity contribution in [2.45, 2.75) is 0 Å². The number of ether oxygens (including phenoxy) is 1. The number of nitrogens with one attached hydrogen (secondary N) is 1. The van der Waals surface area contributed by atoms with Crippen LogP contribution in [0, 0.1) is 0 Å². The molecule has 1 aromatic heterocycles. The van der Waals surface area contributed by atoms with E-state index in [4.69, 9.17) is 4.74 Å². The van der Waals surface area contributed by atoms with Crippen LogP contribution in [0.5, 0.6) is 5.75 Å². The summed E-state index contributed by atoms with van der Waals surface area (Å²) in [5.74, 6) is 0.426. The molecule has 0 atom stereocenters. The van der Waals surface area contributed by atoms with Gasteiger partial charge in [-0.15, -0.1) is 0 Å². The first-order valence-electron chi connectivity index (χ1n) is 5.12. The van der Waals surface area contributed by atoms with E-state index in [9.17, 15) is 4.79 Å². The summed E-state index contributed by atoms with van der Waals surface area (Å²) in [6, 6.07) is 6.87. The van der Waals surface area contributed by atoms with Crippen LogP contribution in [-0.2, 0) is 0 Å². The van der Waals surface area contributed by atoms with Crippen molar-refractivity contribution in [3.8, 4) is 5.75 Å². The molecule has 2 rings (SSSR count). The zero-order valence-corrected chi connectivity index (χ0v) is 11.1. The summed E-state index contributed by atoms with van der Waals surface area (Å²) in [7, 11) is 1.51. The van der Waals surface area contributed by atoms with Crippen molar-refractivity contribution >= 4 is 27.8 Å². The predicted octanol–water partition coefficient (Wildman–Crippen LogP) is 2.50. The van der Waals surface area contributed by atoms with Crippen LogP contribution in [0.15, 0.2) is 41.1 Å². The number of anilines is 1. The highest BCUT2D eigenvalue weighted by Gasteiger charge is 2.13. The molecule has 6 heteroatoms. The Morgan fingerprint density at radius 2 is 2.06 bits per heavy atom. The van der Waals surface area contributed by atoms with Gasteiger partial charge in [0, 0.05) is 16.9 Å². The molecule has 5 nitrogen and oxygen atoms in total. The monoisotopic (exact) mass is 307 g/mol. The summed E-state index contributed by atoms with van der Waals surface area (Å²) in [4.78, 5) is 19.9. The SMILES string of the molecule is COc1ccc(Br)cc1C(=O)Nc1ncccn1. The molecular weight excluding hydrogens is 298 g/mol. The molecule has 2 aromatic rings. The summed E-state index contributed by atoms with van der Waals surface area (Å²) in [6.07, 6.45) is 3.11. The van der Waals surface area contributed by atoms with Crippen LogP contribution in [0.2, 0.25) is 0 Å². The first-order valence-corrected chi connectivity index (χ1v) is 5.92. The molecule has 0 aliphatic heterocycles. The number of carbonyl (C=O) groups is 1. The molecule has 0 radical (unpaired) electrons. The first-order chi connectivity index (χ1) is 8.70. The largest absolute Gasteiger partial charge is 0.496 e. The molecule has 1 heterocycles. The van der Waals surface area contributed by atoms with Crippen molar-refractivity contribution in [1.82, 2.24) is 9.97 Å². The van der Waals surface area contributed by atoms with Gasteiger partial charge in [0.1, 0.15) is 5.75 Å². The maximum Gasteiger partial charge on any atom is 0.261 e. The van der Waals surface area contributed by atoms with E-state index in [2.05, 4.69) is 31.2 Å². The van der Waals surface area contributed by atoms with E-state index in [1.807, 2.05) is 0 Å². The van der Waals surface area contributed by atoms with Crippen LogP contribution < -0.4 is 10.1 Å². The zero-order valence-electron chi connectivity index (χ0n) is 9.55. The number of nitrogens with zero attached hydrogens (tertiary/aromatic N) is 2. The van der Waals surface area contributed by atoms with Gasteiger partial charge in [-0.05, 0) is 24.3 Å². The summed E-state index contributed by atoms with van der Waals surface area (Å²) in [6.45, 7) is 0. The summed E-state index contributed by atoms with van der Waals surface area (Å²) < 4.78 is 5.93. The lowest BCUT2D eigenvalue weighted by atomic mass is 10.2. The molecule has 1 aromatic carbocycles. The third kappa shape index (κ3) is 2.84. The van der Waals surface area contributed by atoms with Crippen LogP contribution in [0.4, 0.5) is 5.95 Å². The van der Waals surface area contributed by atoms with Gasteiger partial charge >= 0.3 is 0 Å². The number of amides is 1. The molecule has 1 N–H and O–H groups in total. The lowest BCUT2D eigenvalue weighted by Gasteiger charge is -2.08. The van der Waals surface area contributed by atoms with Crippen molar-refractivity contribution in [2.24, 2.45) is 0 Å². The van der Waals surface area contributed by atoms with E-state index in [-0.39, 0.29) is 11.9 Å². The third-order valence-corrected chi connectivity index (χ3v) is 2.69. The second-order valence-corrected chi connectivity index (χ2v) is 4.29. The Hall–Kier alpha value is -1.95. The minimum atomic E-state index is -0.320. The predicted molar refractivity (Wildman–Crippen MR) is 70.7 cm³/mol. The lowest BCUT2D eigenvalue weighted by Crippen LogP contribution is -2.15. The van der Waals surface area contributed by atoms with E-state index in [1.165, 1.54) is 7.11 Å². The van der Waals surface area contributed by atoms with Gasteiger partial charge in [0.15, 0.2) is 0 Å². The molecule has 0 unspecified atom stereocenters. The molecule has 0 saturated heterocycles. The fourth-order valence-corrected chi connectivity index (χ4v) is 1.75. The Labute approximate surface area is 112 Å². The normalized spacial score (nSPS) is 9.89. The van der Waals surface area contributed by atoms with Gasteiger partial charge in [0.05, 0.1) is 12.7 Å². The highest BCUT2D eigenvalue weighted by atomic mass is 79.9. The van der Waals surface area contributed by atoms with Crippen LogP contribution >= 0.6 is 15.9 Å². The van der Waals surface area contributed by atoms with Crippen LogP contribution in [0.3, 0.4) is 0 Å². The van der Waals surface area contributed by atoms with Crippen LogP contribution in [0.1, 0.15) is 10.4 Å². The van der Waals surface area contributed by atoms with Gasteiger partial charge in [-0.2, -0.15) is 0 Å². The molecule has 18 heavy (non-hydrogen) atoms. The minimum absolute atomic E-state index is 0.254. The second kappa shape index (κ2) is 5.59. The number of benzene rings is 1. The average Bonchev–Trinajstić information content (AvgIpc) is 2.40. The van der Waals surface area contributed by atoms with E-state index in [0.717, 1.165) is 4.47 Å². The van der Waals surface area contributed by atoms with E-state index >= 15 is 0 Å². The standard InChI is InChI=1S/C12H10BrN3O2/c1-18-10-4-3-8(13)7-9(10)11(17)16-12-14-5-2-6-15-12/h2-7H,1H3,(H,14,15,16,17). The quantitative estimate of drug-likeness (QED) is 0.946. The first kappa shape index (κ1) is 12.5. The van der Waals surface area contributed by atoms with Crippen molar-refractivity contribution < 1.29 is 9.53 Å². The van der Waals surface area contributed by atoms with Gasteiger partial charge in [-0.25, -0.2) is 9.97 Å². The maximum absolute atomic E-state index is 12.1. The van der Waals surface area contributed by atoms with Gasteiger partial charge in [0.2, 0.25) is 5.95 Å². The third-order valence-electron chi connectivity index (χ3n) is 2.20.